The predicted octanol–water partition coefficient (Wildman–Crippen LogP) is 3.71. The van der Waals surface area contributed by atoms with Gasteiger partial charge in [-0.15, -0.1) is 0 Å². The van der Waals surface area contributed by atoms with Crippen molar-refractivity contribution in [3.63, 3.8) is 0 Å². The standard InChI is InChI=1S/C15H13F2N3/c1-14(8-15(16,17)9-14)20-13-11(7-18)6-10-4-2-3-5-12(10)19-13/h2-6H,8-9H2,1H3,(H,19,20). The van der Waals surface area contributed by atoms with Crippen molar-refractivity contribution in [2.45, 2.75) is 31.2 Å². The molecule has 1 heterocycles. The molecule has 1 aromatic heterocycles. The number of hydrogen-bond donors (Lipinski definition) is 1. The lowest BCUT2D eigenvalue weighted by Gasteiger charge is -2.45. The maximum absolute atomic E-state index is 13.0. The molecule has 0 unspecified atom stereocenters. The van der Waals surface area contributed by atoms with E-state index in [9.17, 15) is 14.0 Å². The van der Waals surface area contributed by atoms with Gasteiger partial charge in [-0.05, 0) is 19.1 Å². The number of nitrogens with zero attached hydrogens (tertiary/aromatic N) is 2. The number of aromatic nitrogens is 1. The quantitative estimate of drug-likeness (QED) is 0.907. The van der Waals surface area contributed by atoms with Crippen LogP contribution in [0.15, 0.2) is 30.3 Å². The van der Waals surface area contributed by atoms with Crippen molar-refractivity contribution in [3.05, 3.63) is 35.9 Å². The molecule has 0 saturated heterocycles. The van der Waals surface area contributed by atoms with E-state index < -0.39 is 11.5 Å². The minimum absolute atomic E-state index is 0.237. The number of nitriles is 1. The van der Waals surface area contributed by atoms with Crippen molar-refractivity contribution < 1.29 is 8.78 Å². The van der Waals surface area contributed by atoms with Gasteiger partial charge in [0.1, 0.15) is 11.9 Å². The minimum atomic E-state index is -2.62. The third-order valence-electron chi connectivity index (χ3n) is 3.56. The molecule has 1 aliphatic carbocycles. The zero-order valence-electron chi connectivity index (χ0n) is 11.0. The first-order valence-corrected chi connectivity index (χ1v) is 6.37. The van der Waals surface area contributed by atoms with Crippen molar-refractivity contribution in [1.29, 1.82) is 5.26 Å². The van der Waals surface area contributed by atoms with Crippen LogP contribution >= 0.6 is 0 Å². The van der Waals surface area contributed by atoms with Crippen LogP contribution in [-0.2, 0) is 0 Å². The Morgan fingerprint density at radius 3 is 2.65 bits per heavy atom. The second-order valence-corrected chi connectivity index (χ2v) is 5.58. The first-order chi connectivity index (χ1) is 9.41. The number of anilines is 1. The molecule has 1 aromatic carbocycles. The van der Waals surface area contributed by atoms with Gasteiger partial charge in [0.2, 0.25) is 0 Å². The molecule has 0 amide bonds. The number of hydrogen-bond acceptors (Lipinski definition) is 3. The normalized spacial score (nSPS) is 19.1. The number of nitrogens with one attached hydrogen (secondary N) is 1. The van der Waals surface area contributed by atoms with Crippen LogP contribution in [0.25, 0.3) is 10.9 Å². The summed E-state index contributed by atoms with van der Waals surface area (Å²) in [6.45, 7) is 1.72. The highest BCUT2D eigenvalue weighted by atomic mass is 19.3. The van der Waals surface area contributed by atoms with Crippen molar-refractivity contribution in [2.24, 2.45) is 0 Å². The van der Waals surface area contributed by atoms with Crippen molar-refractivity contribution in [3.8, 4) is 6.07 Å². The lowest BCUT2D eigenvalue weighted by Crippen LogP contribution is -2.54. The lowest BCUT2D eigenvalue weighted by molar-refractivity contribution is -0.109. The van der Waals surface area contributed by atoms with Gasteiger partial charge in [0.05, 0.1) is 11.1 Å². The summed E-state index contributed by atoms with van der Waals surface area (Å²) in [7, 11) is 0. The fourth-order valence-corrected chi connectivity index (χ4v) is 2.76. The van der Waals surface area contributed by atoms with Gasteiger partial charge in [0, 0.05) is 23.8 Å². The van der Waals surface area contributed by atoms with Gasteiger partial charge in [-0.25, -0.2) is 13.8 Å². The molecule has 3 rings (SSSR count). The number of fused-ring (bicyclic) bond motifs is 1. The number of halogens is 2. The fourth-order valence-electron chi connectivity index (χ4n) is 2.76. The smallest absolute Gasteiger partial charge is 0.252 e. The highest BCUT2D eigenvalue weighted by Gasteiger charge is 2.54. The van der Waals surface area contributed by atoms with Crippen LogP contribution in [0, 0.1) is 11.3 Å². The van der Waals surface area contributed by atoms with Crippen LogP contribution < -0.4 is 5.32 Å². The zero-order valence-corrected chi connectivity index (χ0v) is 11.0. The Hall–Kier alpha value is -2.22. The number of alkyl halides is 2. The van der Waals surface area contributed by atoms with E-state index in [4.69, 9.17) is 0 Å². The Morgan fingerprint density at radius 2 is 2.00 bits per heavy atom. The monoisotopic (exact) mass is 273 g/mol. The molecule has 0 aliphatic heterocycles. The number of benzene rings is 1. The van der Waals surface area contributed by atoms with Gasteiger partial charge in [0.15, 0.2) is 0 Å². The largest absolute Gasteiger partial charge is 0.363 e. The molecule has 3 nitrogen and oxygen atoms in total. The number of rotatable bonds is 2. The molecule has 0 bridgehead atoms. The molecular formula is C15H13F2N3. The first-order valence-electron chi connectivity index (χ1n) is 6.37. The van der Waals surface area contributed by atoms with Crippen LogP contribution in [0.4, 0.5) is 14.6 Å². The summed E-state index contributed by atoms with van der Waals surface area (Å²) in [5.74, 6) is -2.24. The van der Waals surface area contributed by atoms with E-state index in [0.29, 0.717) is 11.4 Å². The van der Waals surface area contributed by atoms with E-state index >= 15 is 0 Å². The highest BCUT2D eigenvalue weighted by molar-refractivity contribution is 5.83. The van der Waals surface area contributed by atoms with Gasteiger partial charge in [-0.3, -0.25) is 0 Å². The van der Waals surface area contributed by atoms with Crippen LogP contribution in [-0.4, -0.2) is 16.4 Å². The lowest BCUT2D eigenvalue weighted by atomic mass is 9.75. The van der Waals surface area contributed by atoms with E-state index in [1.807, 2.05) is 24.3 Å². The zero-order chi connectivity index (χ0) is 14.4. The SMILES string of the molecule is CC1(Nc2nc3ccccc3cc2C#N)CC(F)(F)C1. The Kier molecular flexibility index (Phi) is 2.65. The third-order valence-corrected chi connectivity index (χ3v) is 3.56. The summed E-state index contributed by atoms with van der Waals surface area (Å²) in [5, 5.41) is 13.1. The average molecular weight is 273 g/mol. The third kappa shape index (κ3) is 2.18. The second-order valence-electron chi connectivity index (χ2n) is 5.58. The summed E-state index contributed by atoms with van der Waals surface area (Å²) >= 11 is 0. The van der Waals surface area contributed by atoms with E-state index in [1.165, 1.54) is 0 Å². The Labute approximate surface area is 115 Å². The summed E-state index contributed by atoms with van der Waals surface area (Å²) in [6, 6.07) is 11.2. The van der Waals surface area contributed by atoms with E-state index in [1.54, 1.807) is 13.0 Å². The summed E-state index contributed by atoms with van der Waals surface area (Å²) in [4.78, 5) is 4.38. The summed E-state index contributed by atoms with van der Waals surface area (Å²) in [6.07, 6.45) is -0.473. The van der Waals surface area contributed by atoms with Gasteiger partial charge in [-0.1, -0.05) is 18.2 Å². The van der Waals surface area contributed by atoms with Gasteiger partial charge < -0.3 is 5.32 Å². The highest BCUT2D eigenvalue weighted by Crippen LogP contribution is 2.47. The molecule has 0 radical (unpaired) electrons. The molecular weight excluding hydrogens is 260 g/mol. The first kappa shape index (κ1) is 12.8. The molecule has 1 N–H and O–H groups in total. The van der Waals surface area contributed by atoms with Gasteiger partial charge in [0.25, 0.3) is 5.92 Å². The maximum atomic E-state index is 13.0. The van der Waals surface area contributed by atoms with E-state index in [0.717, 1.165) is 10.9 Å². The molecule has 2 aromatic rings. The summed E-state index contributed by atoms with van der Waals surface area (Å²) < 4.78 is 26.1. The van der Waals surface area contributed by atoms with Gasteiger partial charge >= 0.3 is 0 Å². The summed E-state index contributed by atoms with van der Waals surface area (Å²) in [5.41, 5.74) is 0.411. The molecule has 5 heteroatoms. The Bertz CT molecular complexity index is 711. The van der Waals surface area contributed by atoms with Crippen LogP contribution in [0.3, 0.4) is 0 Å². The number of para-hydroxylation sites is 1. The van der Waals surface area contributed by atoms with Crippen molar-refractivity contribution in [1.82, 2.24) is 4.98 Å². The van der Waals surface area contributed by atoms with Crippen LogP contribution in [0.5, 0.6) is 0 Å². The van der Waals surface area contributed by atoms with Crippen molar-refractivity contribution in [2.75, 3.05) is 5.32 Å². The maximum Gasteiger partial charge on any atom is 0.252 e. The second kappa shape index (κ2) is 4.14. The topological polar surface area (TPSA) is 48.7 Å². The molecule has 102 valence electrons. The molecule has 20 heavy (non-hydrogen) atoms. The molecule has 1 saturated carbocycles. The van der Waals surface area contributed by atoms with Gasteiger partial charge in [-0.2, -0.15) is 5.26 Å². The van der Waals surface area contributed by atoms with E-state index in [-0.39, 0.29) is 12.8 Å². The molecule has 1 aliphatic rings. The minimum Gasteiger partial charge on any atom is -0.363 e. The molecule has 0 spiro atoms. The molecule has 0 atom stereocenters. The Balaban J connectivity index is 1.97. The van der Waals surface area contributed by atoms with Crippen molar-refractivity contribution >= 4 is 16.7 Å². The fraction of sp³-hybridized carbons (Fsp3) is 0.333. The van der Waals surface area contributed by atoms with E-state index in [2.05, 4.69) is 16.4 Å². The predicted molar refractivity (Wildman–Crippen MR) is 72.7 cm³/mol. The number of pyridine rings is 1. The van der Waals surface area contributed by atoms with Crippen LogP contribution in [0.1, 0.15) is 25.3 Å². The average Bonchev–Trinajstić information content (AvgIpc) is 2.35. The van der Waals surface area contributed by atoms with Crippen LogP contribution in [0.2, 0.25) is 0 Å². The molecule has 1 fully saturated rings. The Morgan fingerprint density at radius 1 is 1.30 bits per heavy atom.